The second-order valence-electron chi connectivity index (χ2n) is 7.62. The van der Waals surface area contributed by atoms with Crippen LogP contribution in [0.3, 0.4) is 0 Å². The predicted octanol–water partition coefficient (Wildman–Crippen LogP) is 2.14. The number of likely N-dealkylation sites (N-methyl/N-ethyl adjacent to an activating group) is 1. The first-order valence-corrected chi connectivity index (χ1v) is 9.48. The number of benzene rings is 1. The number of ether oxygens (including phenoxy) is 2. The van der Waals surface area contributed by atoms with Crippen molar-refractivity contribution in [2.75, 3.05) is 19.0 Å². The summed E-state index contributed by atoms with van der Waals surface area (Å²) in [6, 6.07) is 4.79. The molecule has 0 aromatic heterocycles. The smallest absolute Gasteiger partial charge is 0.305 e. The fourth-order valence-electron chi connectivity index (χ4n) is 3.59. The molecule has 2 aliphatic heterocycles. The Morgan fingerprint density at radius 3 is 2.75 bits per heavy atom. The normalized spacial score (nSPS) is 24.5. The molecule has 0 aliphatic carbocycles. The van der Waals surface area contributed by atoms with Gasteiger partial charge < -0.3 is 24.8 Å². The highest BCUT2D eigenvalue weighted by Crippen LogP contribution is 2.32. The van der Waals surface area contributed by atoms with Gasteiger partial charge in [0.1, 0.15) is 18.5 Å². The molecule has 0 unspecified atom stereocenters. The minimum absolute atomic E-state index is 0.0591. The Bertz CT molecular complexity index is 778. The minimum Gasteiger partial charge on any atom is -0.490 e. The molecule has 8 nitrogen and oxygen atoms in total. The van der Waals surface area contributed by atoms with E-state index >= 15 is 0 Å². The summed E-state index contributed by atoms with van der Waals surface area (Å²) < 4.78 is 11.8. The van der Waals surface area contributed by atoms with E-state index in [-0.39, 0.29) is 49.0 Å². The Balaban J connectivity index is 1.82. The second-order valence-corrected chi connectivity index (χ2v) is 7.62. The standard InChI is InChI=1S/C20H26N2O6/c1-11(2)19(25)21-12-4-7-16-14(8-12)20(26)22(3)15-6-5-13(9-18(23)24)28-17(15)10-27-16/h4,7-8,11,13,15,17H,5-6,9-10H2,1-3H3,(H,21,25)(H,23,24)/t13-,15+,17+/m1/s1. The van der Waals surface area contributed by atoms with Crippen LogP contribution in [-0.4, -0.2) is 59.7 Å². The fourth-order valence-corrected chi connectivity index (χ4v) is 3.59. The molecule has 2 heterocycles. The van der Waals surface area contributed by atoms with Crippen molar-refractivity contribution in [1.29, 1.82) is 0 Å². The summed E-state index contributed by atoms with van der Waals surface area (Å²) in [5, 5.41) is 11.8. The monoisotopic (exact) mass is 390 g/mol. The van der Waals surface area contributed by atoms with Crippen LogP contribution in [0.5, 0.6) is 5.75 Å². The van der Waals surface area contributed by atoms with Crippen LogP contribution in [0.25, 0.3) is 0 Å². The lowest BCUT2D eigenvalue weighted by Gasteiger charge is -2.42. The summed E-state index contributed by atoms with van der Waals surface area (Å²) in [5.41, 5.74) is 0.927. The van der Waals surface area contributed by atoms with Crippen molar-refractivity contribution in [1.82, 2.24) is 4.90 Å². The van der Waals surface area contributed by atoms with Gasteiger partial charge in [-0.05, 0) is 31.0 Å². The molecule has 2 N–H and O–H groups in total. The first-order chi connectivity index (χ1) is 13.3. The van der Waals surface area contributed by atoms with Gasteiger partial charge in [0.25, 0.3) is 5.91 Å². The van der Waals surface area contributed by atoms with E-state index in [1.807, 2.05) is 0 Å². The highest BCUT2D eigenvalue weighted by atomic mass is 16.5. The quantitative estimate of drug-likeness (QED) is 0.816. The lowest BCUT2D eigenvalue weighted by Crippen LogP contribution is -2.53. The molecule has 1 fully saturated rings. The number of hydrogen-bond acceptors (Lipinski definition) is 5. The molecule has 152 valence electrons. The summed E-state index contributed by atoms with van der Waals surface area (Å²) in [6.45, 7) is 3.82. The van der Waals surface area contributed by atoms with Crippen molar-refractivity contribution in [2.24, 2.45) is 5.92 Å². The lowest BCUT2D eigenvalue weighted by atomic mass is 9.94. The Hall–Kier alpha value is -2.61. The van der Waals surface area contributed by atoms with E-state index in [1.165, 1.54) is 0 Å². The summed E-state index contributed by atoms with van der Waals surface area (Å²) in [6.07, 6.45) is 0.394. The largest absolute Gasteiger partial charge is 0.490 e. The molecule has 8 heteroatoms. The number of rotatable bonds is 4. The van der Waals surface area contributed by atoms with Crippen LogP contribution < -0.4 is 10.1 Å². The number of nitrogens with zero attached hydrogens (tertiary/aromatic N) is 1. The first kappa shape index (κ1) is 20.1. The lowest BCUT2D eigenvalue weighted by molar-refractivity contribution is -0.148. The number of hydrogen-bond donors (Lipinski definition) is 2. The Morgan fingerprint density at radius 2 is 2.07 bits per heavy atom. The summed E-state index contributed by atoms with van der Waals surface area (Å²) in [4.78, 5) is 37.6. The number of carbonyl (C=O) groups excluding carboxylic acids is 2. The van der Waals surface area contributed by atoms with Crippen LogP contribution in [0.1, 0.15) is 43.5 Å². The van der Waals surface area contributed by atoms with E-state index in [4.69, 9.17) is 14.6 Å². The molecule has 1 aromatic rings. The SMILES string of the molecule is CC(C)C(=O)Nc1ccc2c(c1)C(=O)N(C)[C@H]1CC[C@H](CC(=O)O)O[C@H]1CO2. The van der Waals surface area contributed by atoms with Gasteiger partial charge in [-0.2, -0.15) is 0 Å². The number of fused-ring (bicyclic) bond motifs is 2. The van der Waals surface area contributed by atoms with Gasteiger partial charge in [0.15, 0.2) is 0 Å². The molecule has 0 bridgehead atoms. The zero-order chi connectivity index (χ0) is 20.4. The molecule has 28 heavy (non-hydrogen) atoms. The van der Waals surface area contributed by atoms with E-state index in [0.29, 0.717) is 29.8 Å². The van der Waals surface area contributed by atoms with Gasteiger partial charge in [-0.15, -0.1) is 0 Å². The van der Waals surface area contributed by atoms with Crippen LogP contribution in [0.15, 0.2) is 18.2 Å². The summed E-state index contributed by atoms with van der Waals surface area (Å²) in [7, 11) is 1.72. The minimum atomic E-state index is -0.902. The van der Waals surface area contributed by atoms with Gasteiger partial charge in [-0.1, -0.05) is 13.8 Å². The number of carboxylic acids is 1. The first-order valence-electron chi connectivity index (χ1n) is 9.48. The van der Waals surface area contributed by atoms with Gasteiger partial charge in [-0.3, -0.25) is 14.4 Å². The maximum absolute atomic E-state index is 13.1. The average molecular weight is 390 g/mol. The van der Waals surface area contributed by atoms with E-state index in [2.05, 4.69) is 5.32 Å². The Morgan fingerprint density at radius 1 is 1.32 bits per heavy atom. The molecule has 1 saturated heterocycles. The maximum Gasteiger partial charge on any atom is 0.305 e. The number of anilines is 1. The molecule has 3 atom stereocenters. The molecule has 2 amide bonds. The van der Waals surface area contributed by atoms with E-state index in [0.717, 1.165) is 0 Å². The van der Waals surface area contributed by atoms with E-state index in [1.54, 1.807) is 44.0 Å². The van der Waals surface area contributed by atoms with Crippen molar-refractivity contribution < 1.29 is 29.0 Å². The van der Waals surface area contributed by atoms with Gasteiger partial charge in [-0.25, -0.2) is 0 Å². The molecule has 3 rings (SSSR count). The van der Waals surface area contributed by atoms with Crippen molar-refractivity contribution >= 4 is 23.5 Å². The Labute approximate surface area is 163 Å². The molecule has 1 aromatic carbocycles. The summed E-state index contributed by atoms with van der Waals surface area (Å²) >= 11 is 0. The van der Waals surface area contributed by atoms with Crippen LogP contribution in [0, 0.1) is 5.92 Å². The van der Waals surface area contributed by atoms with Gasteiger partial charge in [0.2, 0.25) is 5.91 Å². The number of amides is 2. The van der Waals surface area contributed by atoms with E-state index in [9.17, 15) is 14.4 Å². The van der Waals surface area contributed by atoms with Crippen LogP contribution in [0.2, 0.25) is 0 Å². The highest BCUT2D eigenvalue weighted by molar-refractivity contribution is 6.00. The average Bonchev–Trinajstić information content (AvgIpc) is 2.64. The van der Waals surface area contributed by atoms with E-state index < -0.39 is 5.97 Å². The van der Waals surface area contributed by atoms with Gasteiger partial charge in [0, 0.05) is 18.7 Å². The second kappa shape index (κ2) is 8.18. The Kier molecular flexibility index (Phi) is 5.88. The molecular weight excluding hydrogens is 364 g/mol. The molecular formula is C20H26N2O6. The number of aliphatic carboxylic acids is 1. The third-order valence-electron chi connectivity index (χ3n) is 5.21. The number of nitrogens with one attached hydrogen (secondary N) is 1. The van der Waals surface area contributed by atoms with Crippen molar-refractivity contribution in [3.63, 3.8) is 0 Å². The van der Waals surface area contributed by atoms with Gasteiger partial charge >= 0.3 is 5.97 Å². The molecule has 0 saturated carbocycles. The zero-order valence-corrected chi connectivity index (χ0v) is 16.3. The molecule has 0 radical (unpaired) electrons. The highest BCUT2D eigenvalue weighted by Gasteiger charge is 2.39. The van der Waals surface area contributed by atoms with Crippen LogP contribution in [-0.2, 0) is 14.3 Å². The number of carboxylic acid groups (broad SMARTS) is 1. The van der Waals surface area contributed by atoms with Crippen LogP contribution in [0.4, 0.5) is 5.69 Å². The zero-order valence-electron chi connectivity index (χ0n) is 16.3. The predicted molar refractivity (Wildman–Crippen MR) is 101 cm³/mol. The number of carbonyl (C=O) groups is 3. The fraction of sp³-hybridized carbons (Fsp3) is 0.550. The summed E-state index contributed by atoms with van der Waals surface area (Å²) in [5.74, 6) is -0.998. The molecule has 2 aliphatic rings. The third kappa shape index (κ3) is 4.27. The third-order valence-corrected chi connectivity index (χ3v) is 5.21. The van der Waals surface area contributed by atoms with Gasteiger partial charge in [0.05, 0.1) is 24.1 Å². The maximum atomic E-state index is 13.1. The van der Waals surface area contributed by atoms with Crippen molar-refractivity contribution in [3.8, 4) is 5.75 Å². The molecule has 0 spiro atoms. The van der Waals surface area contributed by atoms with Crippen LogP contribution >= 0.6 is 0 Å². The van der Waals surface area contributed by atoms with Crippen molar-refractivity contribution in [3.05, 3.63) is 23.8 Å². The van der Waals surface area contributed by atoms with Crippen molar-refractivity contribution in [2.45, 2.75) is 51.4 Å². The topological polar surface area (TPSA) is 105 Å².